The normalized spacial score (nSPS) is 6.71. The highest BCUT2D eigenvalue weighted by Gasteiger charge is 1.73. The summed E-state index contributed by atoms with van der Waals surface area (Å²) in [6, 6.07) is 0. The van der Waals surface area contributed by atoms with Crippen molar-refractivity contribution in [2.24, 2.45) is 0 Å². The van der Waals surface area contributed by atoms with E-state index < -0.39 is 0 Å². The quantitative estimate of drug-likeness (QED) is 0.211. The van der Waals surface area contributed by atoms with Gasteiger partial charge in [-0.05, 0) is 6.26 Å². The SMILES string of the molecule is CSC=[N+](C)C.[I-]. The minimum Gasteiger partial charge on any atom is -1.00 e. The maximum absolute atomic E-state index is 2.04. The zero-order valence-electron chi connectivity index (χ0n) is 4.81. The average Bonchev–Trinajstić information content (AvgIpc) is 1.35. The maximum Gasteiger partial charge on any atom is 0.197 e. The molecule has 0 aromatic rings. The topological polar surface area (TPSA) is 3.01 Å². The van der Waals surface area contributed by atoms with Crippen LogP contribution in [0.1, 0.15) is 0 Å². The minimum absolute atomic E-state index is 0. The Kier molecular flexibility index (Phi) is 10.3. The molecule has 0 aromatic carbocycles. The van der Waals surface area contributed by atoms with Gasteiger partial charge in [-0.15, -0.1) is 0 Å². The summed E-state index contributed by atoms with van der Waals surface area (Å²) in [6.45, 7) is 0. The molecule has 1 nitrogen and oxygen atoms in total. The standard InChI is InChI=1S/C4H10NS.HI/c1-5(2)4-6-3;/h4H,1-3H3;1H/q+1;/p-1. The first kappa shape index (κ1) is 10.7. The van der Waals surface area contributed by atoms with Crippen molar-refractivity contribution in [3.8, 4) is 0 Å². The van der Waals surface area contributed by atoms with Gasteiger partial charge in [0.25, 0.3) is 0 Å². The third-order valence-electron chi connectivity index (χ3n) is 0.316. The molecule has 0 unspecified atom stereocenters. The van der Waals surface area contributed by atoms with Gasteiger partial charge in [-0.1, -0.05) is 11.8 Å². The summed E-state index contributed by atoms with van der Waals surface area (Å²) in [7, 11) is 4.02. The number of nitrogens with zero attached hydrogens (tertiary/aromatic N) is 1. The van der Waals surface area contributed by atoms with E-state index in [0.717, 1.165) is 0 Å². The van der Waals surface area contributed by atoms with Gasteiger partial charge in [0.2, 0.25) is 0 Å². The van der Waals surface area contributed by atoms with Crippen molar-refractivity contribution in [3.63, 3.8) is 0 Å². The van der Waals surface area contributed by atoms with Crippen molar-refractivity contribution in [3.05, 3.63) is 0 Å². The van der Waals surface area contributed by atoms with E-state index in [9.17, 15) is 0 Å². The Hall–Kier alpha value is 0.750. The molecule has 0 saturated heterocycles. The number of hydrogen-bond donors (Lipinski definition) is 0. The monoisotopic (exact) mass is 231 g/mol. The molecule has 0 aromatic heterocycles. The molecule has 0 aliphatic rings. The average molecular weight is 231 g/mol. The van der Waals surface area contributed by atoms with Gasteiger partial charge in [-0.3, -0.25) is 0 Å². The van der Waals surface area contributed by atoms with Crippen molar-refractivity contribution >= 4 is 17.3 Å². The third kappa shape index (κ3) is 10.8. The molecule has 0 bridgehead atoms. The third-order valence-corrected chi connectivity index (χ3v) is 0.949. The van der Waals surface area contributed by atoms with Gasteiger partial charge in [0.15, 0.2) is 5.55 Å². The van der Waals surface area contributed by atoms with Crippen LogP contribution in [-0.4, -0.2) is 30.5 Å². The molecule has 0 N–H and O–H groups in total. The first-order valence-corrected chi connectivity index (χ1v) is 3.08. The van der Waals surface area contributed by atoms with Gasteiger partial charge in [-0.25, -0.2) is 4.58 Å². The van der Waals surface area contributed by atoms with Crippen molar-refractivity contribution in [1.29, 1.82) is 0 Å². The first-order chi connectivity index (χ1) is 2.77. The Bertz CT molecular complexity index is 58.7. The molecule has 0 amide bonds. The van der Waals surface area contributed by atoms with Gasteiger partial charge in [0.05, 0.1) is 0 Å². The van der Waals surface area contributed by atoms with E-state index in [4.69, 9.17) is 0 Å². The Labute approximate surface area is 66.2 Å². The molecular formula is C4H10INS. The summed E-state index contributed by atoms with van der Waals surface area (Å²) < 4.78 is 2.02. The second-order valence-electron chi connectivity index (χ2n) is 1.30. The van der Waals surface area contributed by atoms with Crippen molar-refractivity contribution in [1.82, 2.24) is 0 Å². The lowest BCUT2D eigenvalue weighted by Crippen LogP contribution is -3.00. The summed E-state index contributed by atoms with van der Waals surface area (Å²) >= 11 is 1.71. The van der Waals surface area contributed by atoms with Crippen molar-refractivity contribution < 1.29 is 28.6 Å². The molecule has 0 saturated carbocycles. The Morgan fingerprint density at radius 1 is 1.43 bits per heavy atom. The predicted molar refractivity (Wildman–Crippen MR) is 31.7 cm³/mol. The molecule has 0 radical (unpaired) electrons. The fourth-order valence-corrected chi connectivity index (χ4v) is 0.632. The molecule has 0 spiro atoms. The molecule has 0 aliphatic carbocycles. The van der Waals surface area contributed by atoms with E-state index in [2.05, 4.69) is 0 Å². The number of rotatable bonds is 1. The Morgan fingerprint density at radius 3 is 1.86 bits per heavy atom. The van der Waals surface area contributed by atoms with E-state index in [0.29, 0.717) is 0 Å². The Balaban J connectivity index is 0. The highest BCUT2D eigenvalue weighted by Crippen LogP contribution is 1.78. The molecule has 7 heavy (non-hydrogen) atoms. The summed E-state index contributed by atoms with van der Waals surface area (Å²) in [5, 5.41) is 0. The van der Waals surface area contributed by atoms with Crippen LogP contribution in [0.5, 0.6) is 0 Å². The van der Waals surface area contributed by atoms with E-state index in [1.54, 1.807) is 11.8 Å². The van der Waals surface area contributed by atoms with Gasteiger partial charge >= 0.3 is 0 Å². The number of hydrogen-bond acceptors (Lipinski definition) is 1. The smallest absolute Gasteiger partial charge is 0.197 e. The van der Waals surface area contributed by atoms with Crippen molar-refractivity contribution in [2.75, 3.05) is 20.4 Å². The second-order valence-corrected chi connectivity index (χ2v) is 1.99. The fraction of sp³-hybridized carbons (Fsp3) is 0.750. The molecular weight excluding hydrogens is 221 g/mol. The summed E-state index contributed by atoms with van der Waals surface area (Å²) in [5.74, 6) is 0. The van der Waals surface area contributed by atoms with Crippen LogP contribution in [0.15, 0.2) is 0 Å². The molecule has 0 atom stereocenters. The summed E-state index contributed by atoms with van der Waals surface area (Å²) in [6.07, 6.45) is 2.04. The molecule has 0 fully saturated rings. The van der Waals surface area contributed by atoms with Gasteiger partial charge < -0.3 is 24.0 Å². The Morgan fingerprint density at radius 2 is 1.86 bits per heavy atom. The van der Waals surface area contributed by atoms with E-state index in [-0.39, 0.29) is 24.0 Å². The van der Waals surface area contributed by atoms with Crippen LogP contribution >= 0.6 is 11.8 Å². The van der Waals surface area contributed by atoms with Crippen LogP contribution in [0.3, 0.4) is 0 Å². The van der Waals surface area contributed by atoms with Crippen LogP contribution in [0, 0.1) is 0 Å². The van der Waals surface area contributed by atoms with Gasteiger partial charge in [0, 0.05) is 0 Å². The fourth-order valence-electron chi connectivity index (χ4n) is 0.211. The van der Waals surface area contributed by atoms with E-state index in [1.165, 1.54) is 0 Å². The second kappa shape index (κ2) is 6.75. The lowest BCUT2D eigenvalue weighted by atomic mass is 11.1. The molecule has 44 valence electrons. The molecule has 0 aliphatic heterocycles. The van der Waals surface area contributed by atoms with Crippen molar-refractivity contribution in [2.45, 2.75) is 0 Å². The lowest BCUT2D eigenvalue weighted by molar-refractivity contribution is -0.456. The number of thioether (sulfide) groups is 1. The van der Waals surface area contributed by atoms with Gasteiger partial charge in [-0.2, -0.15) is 0 Å². The predicted octanol–water partition coefficient (Wildman–Crippen LogP) is -2.35. The van der Waals surface area contributed by atoms with Crippen LogP contribution in [0.25, 0.3) is 0 Å². The van der Waals surface area contributed by atoms with Crippen LogP contribution < -0.4 is 24.0 Å². The summed E-state index contributed by atoms with van der Waals surface area (Å²) in [4.78, 5) is 0. The minimum atomic E-state index is 0. The number of halogens is 1. The summed E-state index contributed by atoms with van der Waals surface area (Å²) in [5.41, 5.74) is 2.04. The molecule has 3 heteroatoms. The van der Waals surface area contributed by atoms with Crippen LogP contribution in [0.2, 0.25) is 0 Å². The first-order valence-electron chi connectivity index (χ1n) is 1.80. The highest BCUT2D eigenvalue weighted by atomic mass is 127. The van der Waals surface area contributed by atoms with E-state index >= 15 is 0 Å². The lowest BCUT2D eigenvalue weighted by Gasteiger charge is -1.76. The van der Waals surface area contributed by atoms with Crippen LogP contribution in [-0.2, 0) is 0 Å². The zero-order valence-corrected chi connectivity index (χ0v) is 7.78. The molecule has 0 heterocycles. The zero-order chi connectivity index (χ0) is 4.99. The van der Waals surface area contributed by atoms with Crippen LogP contribution in [0.4, 0.5) is 0 Å². The largest absolute Gasteiger partial charge is 1.00 e. The van der Waals surface area contributed by atoms with Gasteiger partial charge in [0.1, 0.15) is 14.1 Å². The highest BCUT2D eigenvalue weighted by molar-refractivity contribution is 8.11. The maximum atomic E-state index is 2.04. The van der Waals surface area contributed by atoms with E-state index in [1.807, 2.05) is 30.5 Å². The molecule has 0 rings (SSSR count).